The van der Waals surface area contributed by atoms with Gasteiger partial charge in [0.1, 0.15) is 6.54 Å². The van der Waals surface area contributed by atoms with Gasteiger partial charge in [-0.15, -0.1) is 0 Å². The van der Waals surface area contributed by atoms with Crippen LogP contribution in [0.25, 0.3) is 10.2 Å². The standard InChI is InChI=1S/C25H30N2O6S/c1-6-16-10-11-18-21(12-16)34-25(27(18)15-22(28)30-5)26-24(29)17-13-19(31-7-2)23(33-9-4)20(14-17)32-8-3/h10-14H,6-9,15H2,1-5H3. The molecule has 0 saturated carbocycles. The van der Waals surface area contributed by atoms with Crippen LogP contribution in [-0.4, -0.2) is 43.4 Å². The largest absolute Gasteiger partial charge is 0.490 e. The third-order valence-electron chi connectivity index (χ3n) is 5.02. The minimum Gasteiger partial charge on any atom is -0.490 e. The lowest BCUT2D eigenvalue weighted by Crippen LogP contribution is -2.22. The smallest absolute Gasteiger partial charge is 0.325 e. The summed E-state index contributed by atoms with van der Waals surface area (Å²) >= 11 is 1.35. The molecule has 0 aliphatic rings. The number of nitrogens with zero attached hydrogens (tertiary/aromatic N) is 2. The van der Waals surface area contributed by atoms with Crippen molar-refractivity contribution in [2.24, 2.45) is 4.99 Å². The Hall–Kier alpha value is -3.33. The van der Waals surface area contributed by atoms with E-state index < -0.39 is 11.9 Å². The number of carbonyl (C=O) groups is 2. The van der Waals surface area contributed by atoms with Crippen LogP contribution in [0.1, 0.15) is 43.6 Å². The number of hydrogen-bond donors (Lipinski definition) is 0. The average Bonchev–Trinajstić information content (AvgIpc) is 3.16. The number of hydrogen-bond acceptors (Lipinski definition) is 7. The molecule has 1 heterocycles. The van der Waals surface area contributed by atoms with Crippen molar-refractivity contribution >= 4 is 33.4 Å². The first-order chi connectivity index (χ1) is 16.4. The van der Waals surface area contributed by atoms with Gasteiger partial charge in [0, 0.05) is 5.56 Å². The summed E-state index contributed by atoms with van der Waals surface area (Å²) < 4.78 is 24.6. The maximum absolute atomic E-state index is 13.3. The van der Waals surface area contributed by atoms with Gasteiger partial charge in [0.05, 0.1) is 37.1 Å². The number of rotatable bonds is 10. The lowest BCUT2D eigenvalue weighted by atomic mass is 10.1. The number of aryl methyl sites for hydroxylation is 1. The van der Waals surface area contributed by atoms with Gasteiger partial charge in [-0.2, -0.15) is 4.99 Å². The Bertz CT molecular complexity index is 1220. The number of esters is 1. The van der Waals surface area contributed by atoms with Crippen molar-refractivity contribution in [1.82, 2.24) is 4.57 Å². The van der Waals surface area contributed by atoms with Crippen LogP contribution in [0.15, 0.2) is 35.3 Å². The van der Waals surface area contributed by atoms with Gasteiger partial charge in [0.2, 0.25) is 5.75 Å². The fourth-order valence-electron chi connectivity index (χ4n) is 3.43. The van der Waals surface area contributed by atoms with Crippen molar-refractivity contribution in [3.63, 3.8) is 0 Å². The first-order valence-corrected chi connectivity index (χ1v) is 12.1. The second-order valence-corrected chi connectivity index (χ2v) is 8.23. The highest BCUT2D eigenvalue weighted by Crippen LogP contribution is 2.39. The Morgan fingerprint density at radius 1 is 0.941 bits per heavy atom. The molecule has 0 saturated heterocycles. The van der Waals surface area contributed by atoms with Gasteiger partial charge in [-0.3, -0.25) is 9.59 Å². The molecule has 0 atom stereocenters. The third-order valence-corrected chi connectivity index (χ3v) is 6.06. The molecule has 0 fully saturated rings. The summed E-state index contributed by atoms with van der Waals surface area (Å²) in [7, 11) is 1.33. The van der Waals surface area contributed by atoms with E-state index in [2.05, 4.69) is 18.0 Å². The number of methoxy groups -OCH3 is 1. The van der Waals surface area contributed by atoms with Crippen LogP contribution in [0.3, 0.4) is 0 Å². The molecule has 3 aromatic rings. The van der Waals surface area contributed by atoms with Crippen molar-refractivity contribution < 1.29 is 28.5 Å². The Kier molecular flexibility index (Phi) is 8.70. The summed E-state index contributed by atoms with van der Waals surface area (Å²) in [5, 5.41) is 0. The van der Waals surface area contributed by atoms with Crippen molar-refractivity contribution in [3.8, 4) is 17.2 Å². The molecule has 8 nitrogen and oxygen atoms in total. The zero-order valence-electron chi connectivity index (χ0n) is 20.2. The molecule has 3 rings (SSSR count). The van der Waals surface area contributed by atoms with Gasteiger partial charge in [0.15, 0.2) is 16.3 Å². The maximum Gasteiger partial charge on any atom is 0.325 e. The van der Waals surface area contributed by atoms with E-state index >= 15 is 0 Å². The molecule has 0 aliphatic carbocycles. The fourth-order valence-corrected chi connectivity index (χ4v) is 4.52. The van der Waals surface area contributed by atoms with Crippen LogP contribution in [0, 0.1) is 0 Å². The molecule has 0 bridgehead atoms. The number of amides is 1. The van der Waals surface area contributed by atoms with Crippen LogP contribution in [0.4, 0.5) is 0 Å². The minimum absolute atomic E-state index is 0.0498. The number of carbonyl (C=O) groups excluding carboxylic acids is 2. The van der Waals surface area contributed by atoms with E-state index in [0.717, 1.165) is 22.2 Å². The first kappa shape index (κ1) is 25.3. The molecule has 1 amide bonds. The molecule has 1 aromatic heterocycles. The topological polar surface area (TPSA) is 88.4 Å². The number of benzene rings is 2. The molecule has 0 aliphatic heterocycles. The highest BCUT2D eigenvalue weighted by atomic mass is 32.1. The lowest BCUT2D eigenvalue weighted by Gasteiger charge is -2.16. The monoisotopic (exact) mass is 486 g/mol. The predicted molar refractivity (Wildman–Crippen MR) is 131 cm³/mol. The zero-order valence-corrected chi connectivity index (χ0v) is 21.0. The zero-order chi connectivity index (χ0) is 24.7. The molecule has 182 valence electrons. The number of fused-ring (bicyclic) bond motifs is 1. The molecule has 0 spiro atoms. The van der Waals surface area contributed by atoms with Crippen LogP contribution in [0.2, 0.25) is 0 Å². The molecule has 34 heavy (non-hydrogen) atoms. The Morgan fingerprint density at radius 2 is 1.59 bits per heavy atom. The average molecular weight is 487 g/mol. The van der Waals surface area contributed by atoms with E-state index in [0.29, 0.717) is 47.4 Å². The third kappa shape index (κ3) is 5.59. The van der Waals surface area contributed by atoms with Gasteiger partial charge in [-0.05, 0) is 57.0 Å². The SMILES string of the molecule is CCOc1cc(C(=O)N=c2sc3cc(CC)ccc3n2CC(=O)OC)cc(OCC)c1OCC. The number of ether oxygens (including phenoxy) is 4. The molecule has 9 heteroatoms. The highest BCUT2D eigenvalue weighted by molar-refractivity contribution is 7.16. The van der Waals surface area contributed by atoms with Crippen molar-refractivity contribution in [3.05, 3.63) is 46.3 Å². The Balaban J connectivity index is 2.15. The van der Waals surface area contributed by atoms with Gasteiger partial charge in [-0.25, -0.2) is 0 Å². The fraction of sp³-hybridized carbons (Fsp3) is 0.400. The predicted octanol–water partition coefficient (Wildman–Crippen LogP) is 4.38. The molecular formula is C25H30N2O6S. The van der Waals surface area contributed by atoms with Gasteiger partial charge < -0.3 is 23.5 Å². The van der Waals surface area contributed by atoms with E-state index in [1.54, 1.807) is 16.7 Å². The van der Waals surface area contributed by atoms with E-state index in [4.69, 9.17) is 18.9 Å². The Morgan fingerprint density at radius 3 is 2.15 bits per heavy atom. The van der Waals surface area contributed by atoms with E-state index in [1.165, 1.54) is 18.4 Å². The summed E-state index contributed by atoms with van der Waals surface area (Å²) in [4.78, 5) is 30.1. The first-order valence-electron chi connectivity index (χ1n) is 11.3. The number of aromatic nitrogens is 1. The molecule has 0 unspecified atom stereocenters. The second kappa shape index (κ2) is 11.7. The summed E-state index contributed by atoms with van der Waals surface area (Å²) in [5.74, 6) is 0.384. The molecular weight excluding hydrogens is 456 g/mol. The summed E-state index contributed by atoms with van der Waals surface area (Å²) in [6.07, 6.45) is 0.878. The maximum atomic E-state index is 13.3. The number of thiazole rings is 1. The van der Waals surface area contributed by atoms with E-state index in [1.807, 2.05) is 32.9 Å². The molecule has 0 radical (unpaired) electrons. The van der Waals surface area contributed by atoms with Crippen molar-refractivity contribution in [2.75, 3.05) is 26.9 Å². The summed E-state index contributed by atoms with van der Waals surface area (Å²) in [6.45, 7) is 8.82. The van der Waals surface area contributed by atoms with E-state index in [9.17, 15) is 9.59 Å². The van der Waals surface area contributed by atoms with Crippen molar-refractivity contribution in [2.45, 2.75) is 40.7 Å². The highest BCUT2D eigenvalue weighted by Gasteiger charge is 2.19. The van der Waals surface area contributed by atoms with Crippen LogP contribution in [-0.2, 0) is 22.5 Å². The molecule has 0 N–H and O–H groups in total. The van der Waals surface area contributed by atoms with Crippen molar-refractivity contribution in [1.29, 1.82) is 0 Å². The van der Waals surface area contributed by atoms with Gasteiger partial charge in [-0.1, -0.05) is 24.3 Å². The normalized spacial score (nSPS) is 11.5. The van der Waals surface area contributed by atoms with Crippen LogP contribution >= 0.6 is 11.3 Å². The van der Waals surface area contributed by atoms with Crippen LogP contribution < -0.4 is 19.0 Å². The summed E-state index contributed by atoms with van der Waals surface area (Å²) in [6, 6.07) is 9.21. The lowest BCUT2D eigenvalue weighted by molar-refractivity contribution is -0.141. The summed E-state index contributed by atoms with van der Waals surface area (Å²) in [5.41, 5.74) is 2.27. The molecule has 2 aromatic carbocycles. The van der Waals surface area contributed by atoms with E-state index in [-0.39, 0.29) is 6.54 Å². The Labute approximate surface area is 202 Å². The minimum atomic E-state index is -0.481. The van der Waals surface area contributed by atoms with Gasteiger partial charge >= 0.3 is 5.97 Å². The van der Waals surface area contributed by atoms with Gasteiger partial charge in [0.25, 0.3) is 5.91 Å². The van der Waals surface area contributed by atoms with Crippen LogP contribution in [0.5, 0.6) is 17.2 Å². The quantitative estimate of drug-likeness (QED) is 0.395. The second-order valence-electron chi connectivity index (χ2n) is 7.22.